The van der Waals surface area contributed by atoms with Crippen molar-refractivity contribution >= 4 is 43.8 Å². The Morgan fingerprint density at radius 3 is 2.36 bits per heavy atom. The molecule has 22 heavy (non-hydrogen) atoms. The van der Waals surface area contributed by atoms with Crippen LogP contribution in [0.25, 0.3) is 0 Å². The molecule has 1 heterocycles. The minimum Gasteiger partial charge on any atom is -0.480 e. The molecular formula is C11H24BCl2N3O5. The highest BCUT2D eigenvalue weighted by Gasteiger charge is 2.44. The zero-order valence-electron chi connectivity index (χ0n) is 12.3. The Kier molecular flexibility index (Phi) is 10.3. The highest BCUT2D eigenvalue weighted by molar-refractivity contribution is 6.40. The monoisotopic (exact) mass is 359 g/mol. The largest absolute Gasteiger partial charge is 0.480 e. The van der Waals surface area contributed by atoms with E-state index < -0.39 is 24.7 Å². The van der Waals surface area contributed by atoms with E-state index in [1.54, 1.807) is 0 Å². The molecular weight excluding hydrogens is 336 g/mol. The van der Waals surface area contributed by atoms with E-state index in [9.17, 15) is 14.7 Å². The SMILES string of the molecule is CC(N)C(=O)N1C[C@@H](CCB(O)O)C[C@](N)(C(=O)O)C1.Cl.Cl. The first-order valence-electron chi connectivity index (χ1n) is 6.58. The van der Waals surface area contributed by atoms with Gasteiger partial charge in [-0.1, -0.05) is 6.42 Å². The Bertz CT molecular complexity index is 389. The highest BCUT2D eigenvalue weighted by Crippen LogP contribution is 2.28. The lowest BCUT2D eigenvalue weighted by Crippen LogP contribution is -2.64. The van der Waals surface area contributed by atoms with Gasteiger partial charge in [0.05, 0.1) is 6.04 Å². The number of nitrogens with zero attached hydrogens (tertiary/aromatic N) is 1. The molecule has 1 rings (SSSR count). The third-order valence-corrected chi connectivity index (χ3v) is 3.56. The number of nitrogens with two attached hydrogens (primary N) is 2. The molecule has 0 bridgehead atoms. The standard InChI is InChI=1S/C11H22BN3O5.2ClH/c1-7(13)9(16)15-5-8(2-3-12(19)20)4-11(14,6-15)10(17)18;;/h7-8,19-20H,2-6,13-14H2,1H3,(H,17,18);2*1H/t7?,8-,11+;;/m0../s1. The molecule has 1 saturated heterocycles. The molecule has 1 unspecified atom stereocenters. The van der Waals surface area contributed by atoms with Gasteiger partial charge in [-0.3, -0.25) is 9.59 Å². The van der Waals surface area contributed by atoms with Gasteiger partial charge < -0.3 is 31.5 Å². The molecule has 1 amide bonds. The van der Waals surface area contributed by atoms with Crippen LogP contribution >= 0.6 is 24.8 Å². The van der Waals surface area contributed by atoms with Crippen LogP contribution in [0, 0.1) is 5.92 Å². The van der Waals surface area contributed by atoms with Gasteiger partial charge in [-0.05, 0) is 25.6 Å². The molecule has 7 N–H and O–H groups in total. The van der Waals surface area contributed by atoms with Gasteiger partial charge in [0.15, 0.2) is 0 Å². The van der Waals surface area contributed by atoms with Gasteiger partial charge in [0.2, 0.25) is 5.91 Å². The molecule has 8 nitrogen and oxygen atoms in total. The summed E-state index contributed by atoms with van der Waals surface area (Å²) < 4.78 is 0. The molecule has 3 atom stereocenters. The molecule has 11 heteroatoms. The highest BCUT2D eigenvalue weighted by atomic mass is 35.5. The van der Waals surface area contributed by atoms with Gasteiger partial charge in [-0.25, -0.2) is 0 Å². The van der Waals surface area contributed by atoms with Gasteiger partial charge in [0.1, 0.15) is 5.54 Å². The van der Waals surface area contributed by atoms with Crippen LogP contribution in [0.3, 0.4) is 0 Å². The number of hydrogen-bond donors (Lipinski definition) is 5. The predicted molar refractivity (Wildman–Crippen MR) is 87.0 cm³/mol. The molecule has 130 valence electrons. The number of carboxylic acid groups (broad SMARTS) is 1. The molecule has 1 aliphatic rings. The van der Waals surface area contributed by atoms with E-state index in [0.29, 0.717) is 13.0 Å². The van der Waals surface area contributed by atoms with Crippen LogP contribution in [-0.4, -0.2) is 63.7 Å². The fourth-order valence-corrected chi connectivity index (χ4v) is 2.55. The lowest BCUT2D eigenvalue weighted by Gasteiger charge is -2.42. The average Bonchev–Trinajstić information content (AvgIpc) is 2.34. The Morgan fingerprint density at radius 1 is 1.41 bits per heavy atom. The summed E-state index contributed by atoms with van der Waals surface area (Å²) in [7, 11) is -1.45. The van der Waals surface area contributed by atoms with E-state index in [0.717, 1.165) is 0 Å². The molecule has 0 aromatic rings. The number of aliphatic carboxylic acids is 1. The maximum Gasteiger partial charge on any atom is 0.451 e. The Labute approximate surface area is 142 Å². The minimum atomic E-state index is -1.52. The van der Waals surface area contributed by atoms with Crippen molar-refractivity contribution in [2.75, 3.05) is 13.1 Å². The van der Waals surface area contributed by atoms with Gasteiger partial charge in [-0.2, -0.15) is 0 Å². The summed E-state index contributed by atoms with van der Waals surface area (Å²) in [5.41, 5.74) is 9.89. The van der Waals surface area contributed by atoms with Crippen LogP contribution in [-0.2, 0) is 9.59 Å². The summed E-state index contributed by atoms with van der Waals surface area (Å²) in [4.78, 5) is 24.6. The van der Waals surface area contributed by atoms with E-state index in [-0.39, 0.29) is 55.9 Å². The van der Waals surface area contributed by atoms with E-state index in [1.165, 1.54) is 11.8 Å². The summed E-state index contributed by atoms with van der Waals surface area (Å²) >= 11 is 0. The lowest BCUT2D eigenvalue weighted by atomic mass is 9.75. The molecule has 0 saturated carbocycles. The second kappa shape index (κ2) is 9.54. The lowest BCUT2D eigenvalue weighted by molar-refractivity contribution is -0.149. The zero-order chi connectivity index (χ0) is 15.5. The molecule has 0 spiro atoms. The number of halogens is 2. The van der Waals surface area contributed by atoms with E-state index >= 15 is 0 Å². The number of carbonyl (C=O) groups is 2. The van der Waals surface area contributed by atoms with Crippen molar-refractivity contribution < 1.29 is 24.7 Å². The molecule has 1 fully saturated rings. The van der Waals surface area contributed by atoms with Crippen LogP contribution in [0.2, 0.25) is 6.32 Å². The molecule has 0 aliphatic carbocycles. The van der Waals surface area contributed by atoms with Crippen LogP contribution < -0.4 is 11.5 Å². The minimum absolute atomic E-state index is 0. The summed E-state index contributed by atoms with van der Waals surface area (Å²) in [6, 6.07) is -0.727. The third-order valence-electron chi connectivity index (χ3n) is 3.56. The fourth-order valence-electron chi connectivity index (χ4n) is 2.55. The normalized spacial score (nSPS) is 25.5. The van der Waals surface area contributed by atoms with Crippen molar-refractivity contribution in [2.45, 2.75) is 37.7 Å². The van der Waals surface area contributed by atoms with Crippen LogP contribution in [0.4, 0.5) is 0 Å². The Hall–Kier alpha value is -0.575. The summed E-state index contributed by atoms with van der Waals surface area (Å²) in [5.74, 6) is -1.72. The van der Waals surface area contributed by atoms with Crippen LogP contribution in [0.5, 0.6) is 0 Å². The smallest absolute Gasteiger partial charge is 0.451 e. The van der Waals surface area contributed by atoms with E-state index in [1.807, 2.05) is 0 Å². The van der Waals surface area contributed by atoms with E-state index in [4.69, 9.17) is 21.5 Å². The zero-order valence-corrected chi connectivity index (χ0v) is 14.0. The number of hydrogen-bond acceptors (Lipinski definition) is 6. The third kappa shape index (κ3) is 6.27. The topological polar surface area (TPSA) is 150 Å². The molecule has 1 aliphatic heterocycles. The second-order valence-electron chi connectivity index (χ2n) is 5.60. The number of likely N-dealkylation sites (tertiary alicyclic amines) is 1. The quantitative estimate of drug-likeness (QED) is 0.381. The molecule has 0 radical (unpaired) electrons. The Balaban J connectivity index is 0. The Morgan fingerprint density at radius 2 is 1.95 bits per heavy atom. The van der Waals surface area contributed by atoms with Gasteiger partial charge in [0, 0.05) is 13.1 Å². The van der Waals surface area contributed by atoms with E-state index in [2.05, 4.69) is 0 Å². The maximum atomic E-state index is 11.9. The fraction of sp³-hybridized carbons (Fsp3) is 0.818. The number of carboxylic acids is 1. The number of piperidine rings is 1. The summed E-state index contributed by atoms with van der Waals surface area (Å²) in [6.07, 6.45) is 0.686. The van der Waals surface area contributed by atoms with Crippen molar-refractivity contribution in [1.82, 2.24) is 4.90 Å². The van der Waals surface area contributed by atoms with Crippen molar-refractivity contribution in [3.63, 3.8) is 0 Å². The van der Waals surface area contributed by atoms with Gasteiger partial charge >= 0.3 is 13.1 Å². The van der Waals surface area contributed by atoms with Crippen molar-refractivity contribution in [3.05, 3.63) is 0 Å². The van der Waals surface area contributed by atoms with Crippen molar-refractivity contribution in [1.29, 1.82) is 0 Å². The predicted octanol–water partition coefficient (Wildman–Crippen LogP) is -1.33. The van der Waals surface area contributed by atoms with Crippen molar-refractivity contribution in [3.8, 4) is 0 Å². The van der Waals surface area contributed by atoms with Gasteiger partial charge in [0.25, 0.3) is 0 Å². The van der Waals surface area contributed by atoms with Crippen LogP contribution in [0.1, 0.15) is 19.8 Å². The first kappa shape index (κ1) is 23.7. The molecule has 0 aromatic heterocycles. The summed E-state index contributed by atoms with van der Waals surface area (Å²) in [6.45, 7) is 1.78. The van der Waals surface area contributed by atoms with Crippen molar-refractivity contribution in [2.24, 2.45) is 17.4 Å². The number of carbonyl (C=O) groups excluding carboxylic acids is 1. The second-order valence-corrected chi connectivity index (χ2v) is 5.60. The maximum absolute atomic E-state index is 11.9. The molecule has 0 aromatic carbocycles. The average molecular weight is 360 g/mol. The number of rotatable bonds is 5. The van der Waals surface area contributed by atoms with Crippen LogP contribution in [0.15, 0.2) is 0 Å². The number of amides is 1. The first-order chi connectivity index (χ1) is 9.15. The summed E-state index contributed by atoms with van der Waals surface area (Å²) in [5, 5.41) is 27.0. The first-order valence-corrected chi connectivity index (χ1v) is 6.58. The van der Waals surface area contributed by atoms with Gasteiger partial charge in [-0.15, -0.1) is 24.8 Å².